The second kappa shape index (κ2) is 3.88. The van der Waals surface area contributed by atoms with Crippen LogP contribution in [0.2, 0.25) is 0 Å². The van der Waals surface area contributed by atoms with E-state index in [0.29, 0.717) is 19.3 Å². The van der Waals surface area contributed by atoms with Crippen molar-refractivity contribution in [3.05, 3.63) is 22.4 Å². The molecule has 5 heteroatoms. The molecule has 3 nitrogen and oxygen atoms in total. The summed E-state index contributed by atoms with van der Waals surface area (Å²) in [5.41, 5.74) is -0.0161. The maximum absolute atomic E-state index is 11.4. The van der Waals surface area contributed by atoms with Crippen LogP contribution in [0.5, 0.6) is 0 Å². The van der Waals surface area contributed by atoms with Crippen molar-refractivity contribution in [2.45, 2.75) is 24.9 Å². The van der Waals surface area contributed by atoms with Gasteiger partial charge in [-0.05, 0) is 35.2 Å². The van der Waals surface area contributed by atoms with Crippen molar-refractivity contribution in [2.75, 3.05) is 11.5 Å². The first kappa shape index (κ1) is 11.1. The highest BCUT2D eigenvalue weighted by molar-refractivity contribution is 7.91. The van der Waals surface area contributed by atoms with E-state index in [1.807, 2.05) is 16.8 Å². The number of hydrogen-bond donors (Lipinski definition) is 1. The highest BCUT2D eigenvalue weighted by atomic mass is 32.2. The van der Waals surface area contributed by atoms with Crippen LogP contribution in [0.25, 0.3) is 0 Å². The average molecular weight is 246 g/mol. The van der Waals surface area contributed by atoms with Crippen LogP contribution >= 0.6 is 11.3 Å². The second-order valence-electron chi connectivity index (χ2n) is 4.23. The van der Waals surface area contributed by atoms with Crippen molar-refractivity contribution < 1.29 is 13.5 Å². The van der Waals surface area contributed by atoms with Crippen LogP contribution in [0.1, 0.15) is 18.4 Å². The SMILES string of the molecule is O=S1(=O)CCCC(O)(Cc2ccsc2)C1. The van der Waals surface area contributed by atoms with Gasteiger partial charge in [-0.3, -0.25) is 0 Å². The van der Waals surface area contributed by atoms with E-state index in [1.54, 1.807) is 11.3 Å². The Morgan fingerprint density at radius 3 is 2.93 bits per heavy atom. The summed E-state index contributed by atoms with van der Waals surface area (Å²) in [6.45, 7) is 0. The van der Waals surface area contributed by atoms with Gasteiger partial charge in [0, 0.05) is 6.42 Å². The van der Waals surface area contributed by atoms with Gasteiger partial charge >= 0.3 is 0 Å². The van der Waals surface area contributed by atoms with E-state index in [2.05, 4.69) is 0 Å². The van der Waals surface area contributed by atoms with Gasteiger partial charge in [-0.15, -0.1) is 0 Å². The molecule has 2 heterocycles. The smallest absolute Gasteiger partial charge is 0.153 e. The lowest BCUT2D eigenvalue weighted by Gasteiger charge is -2.31. The van der Waals surface area contributed by atoms with Crippen molar-refractivity contribution in [3.8, 4) is 0 Å². The van der Waals surface area contributed by atoms with E-state index in [0.717, 1.165) is 5.56 Å². The lowest BCUT2D eigenvalue weighted by Crippen LogP contribution is -2.44. The van der Waals surface area contributed by atoms with E-state index in [9.17, 15) is 13.5 Å². The van der Waals surface area contributed by atoms with Crippen LogP contribution in [0.3, 0.4) is 0 Å². The third kappa shape index (κ3) is 2.80. The number of aliphatic hydroxyl groups is 1. The molecule has 84 valence electrons. The molecule has 1 N–H and O–H groups in total. The Kier molecular flexibility index (Phi) is 2.87. The molecule has 2 rings (SSSR count). The van der Waals surface area contributed by atoms with Crippen LogP contribution in [0.15, 0.2) is 16.8 Å². The molecule has 1 unspecified atom stereocenters. The molecule has 0 saturated carbocycles. The zero-order chi connectivity index (χ0) is 10.9. The fraction of sp³-hybridized carbons (Fsp3) is 0.600. The maximum Gasteiger partial charge on any atom is 0.153 e. The molecule has 1 fully saturated rings. The second-order valence-corrected chi connectivity index (χ2v) is 7.19. The maximum atomic E-state index is 11.4. The molecule has 0 spiro atoms. The highest BCUT2D eigenvalue weighted by Crippen LogP contribution is 2.27. The van der Waals surface area contributed by atoms with Crippen LogP contribution in [0, 0.1) is 0 Å². The molecule has 0 aromatic carbocycles. The highest BCUT2D eigenvalue weighted by Gasteiger charge is 2.37. The normalized spacial score (nSPS) is 30.2. The largest absolute Gasteiger partial charge is 0.388 e. The molecular weight excluding hydrogens is 232 g/mol. The van der Waals surface area contributed by atoms with Gasteiger partial charge in [-0.1, -0.05) is 0 Å². The summed E-state index contributed by atoms with van der Waals surface area (Å²) in [5, 5.41) is 14.1. The van der Waals surface area contributed by atoms with Gasteiger partial charge in [0.2, 0.25) is 0 Å². The van der Waals surface area contributed by atoms with Crippen molar-refractivity contribution in [3.63, 3.8) is 0 Å². The van der Waals surface area contributed by atoms with Gasteiger partial charge in [0.25, 0.3) is 0 Å². The standard InChI is InChI=1S/C10H14O3S2/c11-10(6-9-2-4-14-7-9)3-1-5-15(12,13)8-10/h2,4,7,11H,1,3,5-6,8H2. The number of rotatable bonds is 2. The number of hydrogen-bond acceptors (Lipinski definition) is 4. The van der Waals surface area contributed by atoms with Crippen molar-refractivity contribution in [1.29, 1.82) is 0 Å². The quantitative estimate of drug-likeness (QED) is 0.854. The minimum absolute atomic E-state index is 0.0875. The van der Waals surface area contributed by atoms with Crippen LogP contribution in [0.4, 0.5) is 0 Å². The number of sulfone groups is 1. The molecule has 1 aromatic heterocycles. The molecule has 1 aromatic rings. The van der Waals surface area contributed by atoms with E-state index in [4.69, 9.17) is 0 Å². The fourth-order valence-corrected chi connectivity index (χ4v) is 4.55. The summed E-state index contributed by atoms with van der Waals surface area (Å²) in [7, 11) is -3.04. The molecule has 1 atom stereocenters. The first-order chi connectivity index (χ1) is 6.99. The van der Waals surface area contributed by atoms with Gasteiger partial charge in [0.1, 0.15) is 0 Å². The van der Waals surface area contributed by atoms with Crippen LogP contribution < -0.4 is 0 Å². The molecule has 0 amide bonds. The third-order valence-corrected chi connectivity index (χ3v) is 5.32. The van der Waals surface area contributed by atoms with Crippen molar-refractivity contribution in [2.24, 2.45) is 0 Å². The Labute approximate surface area is 93.7 Å². The topological polar surface area (TPSA) is 54.4 Å². The van der Waals surface area contributed by atoms with E-state index in [-0.39, 0.29) is 11.5 Å². The molecule has 1 aliphatic rings. The lowest BCUT2D eigenvalue weighted by atomic mass is 9.93. The summed E-state index contributed by atoms with van der Waals surface area (Å²) in [6.07, 6.45) is 1.61. The van der Waals surface area contributed by atoms with Crippen LogP contribution in [-0.4, -0.2) is 30.6 Å². The van der Waals surface area contributed by atoms with Crippen LogP contribution in [-0.2, 0) is 16.3 Å². The monoisotopic (exact) mass is 246 g/mol. The molecule has 0 radical (unpaired) electrons. The summed E-state index contributed by atoms with van der Waals surface area (Å²) in [5.74, 6) is 0.134. The Morgan fingerprint density at radius 2 is 2.33 bits per heavy atom. The predicted octanol–water partition coefficient (Wildman–Crippen LogP) is 1.23. The summed E-state index contributed by atoms with van der Waals surface area (Å²) in [6, 6.07) is 1.93. The minimum Gasteiger partial charge on any atom is -0.388 e. The summed E-state index contributed by atoms with van der Waals surface area (Å²) in [4.78, 5) is 0. The summed E-state index contributed by atoms with van der Waals surface area (Å²) < 4.78 is 22.9. The van der Waals surface area contributed by atoms with E-state index < -0.39 is 15.4 Å². The van der Waals surface area contributed by atoms with Gasteiger partial charge in [-0.2, -0.15) is 11.3 Å². The summed E-state index contributed by atoms with van der Waals surface area (Å²) >= 11 is 1.57. The molecule has 15 heavy (non-hydrogen) atoms. The first-order valence-electron chi connectivity index (χ1n) is 4.93. The molecule has 0 bridgehead atoms. The predicted molar refractivity (Wildman–Crippen MR) is 60.9 cm³/mol. The number of thiophene rings is 1. The zero-order valence-corrected chi connectivity index (χ0v) is 9.98. The van der Waals surface area contributed by atoms with Gasteiger partial charge in [0.05, 0.1) is 17.1 Å². The minimum atomic E-state index is -3.04. The fourth-order valence-electron chi connectivity index (χ4n) is 2.09. The van der Waals surface area contributed by atoms with Crippen molar-refractivity contribution in [1.82, 2.24) is 0 Å². The van der Waals surface area contributed by atoms with Gasteiger partial charge in [0.15, 0.2) is 9.84 Å². The molecule has 1 aliphatic heterocycles. The average Bonchev–Trinajstić information content (AvgIpc) is 2.52. The molecule has 0 aliphatic carbocycles. The Morgan fingerprint density at radius 1 is 1.53 bits per heavy atom. The van der Waals surface area contributed by atoms with Crippen molar-refractivity contribution >= 4 is 21.2 Å². The zero-order valence-electron chi connectivity index (χ0n) is 8.35. The molecular formula is C10H14O3S2. The lowest BCUT2D eigenvalue weighted by molar-refractivity contribution is 0.0504. The Balaban J connectivity index is 2.13. The Bertz CT molecular complexity index is 422. The first-order valence-corrected chi connectivity index (χ1v) is 7.69. The Hall–Kier alpha value is -0.390. The van der Waals surface area contributed by atoms with E-state index in [1.165, 1.54) is 0 Å². The van der Waals surface area contributed by atoms with Gasteiger partial charge in [-0.25, -0.2) is 8.42 Å². The van der Waals surface area contributed by atoms with Gasteiger partial charge < -0.3 is 5.11 Å². The molecule has 1 saturated heterocycles. The third-order valence-electron chi connectivity index (χ3n) is 2.70. The van der Waals surface area contributed by atoms with E-state index >= 15 is 0 Å².